The number of nitrogens with zero attached hydrogens (tertiary/aromatic N) is 3. The summed E-state index contributed by atoms with van der Waals surface area (Å²) in [4.78, 5) is 23.9. The minimum Gasteiger partial charge on any atom is -0.366 e. The van der Waals surface area contributed by atoms with Crippen LogP contribution in [0.1, 0.15) is 10.4 Å². The van der Waals surface area contributed by atoms with Crippen molar-refractivity contribution in [3.05, 3.63) is 76.6 Å². The summed E-state index contributed by atoms with van der Waals surface area (Å²) in [6, 6.07) is 18.6. The Morgan fingerprint density at radius 1 is 1.06 bits per heavy atom. The summed E-state index contributed by atoms with van der Waals surface area (Å²) in [7, 11) is 0. The summed E-state index contributed by atoms with van der Waals surface area (Å²) in [6.07, 6.45) is 0. The Kier molecular flexibility index (Phi) is 6.36. The summed E-state index contributed by atoms with van der Waals surface area (Å²) < 4.78 is 1.89. The Morgan fingerprint density at radius 3 is 2.52 bits per heavy atom. The summed E-state index contributed by atoms with van der Waals surface area (Å²) in [5.74, 6) is -0.131. The van der Waals surface area contributed by atoms with Crippen molar-refractivity contribution in [1.82, 2.24) is 14.8 Å². The van der Waals surface area contributed by atoms with Crippen molar-refractivity contribution in [3.63, 3.8) is 0 Å². The number of carbonyl (C=O) groups excluding carboxylic acids is 2. The molecule has 0 saturated carbocycles. The summed E-state index contributed by atoms with van der Waals surface area (Å²) in [5, 5.41) is 14.7. The predicted molar refractivity (Wildman–Crippen MR) is 124 cm³/mol. The van der Waals surface area contributed by atoms with Gasteiger partial charge in [-0.2, -0.15) is 0 Å². The van der Waals surface area contributed by atoms with Gasteiger partial charge < -0.3 is 11.1 Å². The van der Waals surface area contributed by atoms with Gasteiger partial charge in [0.05, 0.1) is 11.3 Å². The maximum absolute atomic E-state index is 12.5. The number of primary amides is 1. The Morgan fingerprint density at radius 2 is 1.81 bits per heavy atom. The van der Waals surface area contributed by atoms with E-state index in [1.807, 2.05) is 47.0 Å². The highest BCUT2D eigenvalue weighted by atomic mass is 35.5. The van der Waals surface area contributed by atoms with E-state index in [2.05, 4.69) is 15.5 Å². The number of hydrogen-bond acceptors (Lipinski definition) is 6. The van der Waals surface area contributed by atoms with Gasteiger partial charge in [0.1, 0.15) is 5.00 Å². The fourth-order valence-corrected chi connectivity index (χ4v) is 4.54. The quantitative estimate of drug-likeness (QED) is 0.388. The van der Waals surface area contributed by atoms with E-state index in [1.54, 1.807) is 23.6 Å². The molecule has 3 N–H and O–H groups in total. The van der Waals surface area contributed by atoms with Crippen molar-refractivity contribution < 1.29 is 9.59 Å². The first-order valence-electron chi connectivity index (χ1n) is 9.09. The molecule has 0 aliphatic carbocycles. The molecule has 156 valence electrons. The molecule has 0 spiro atoms. The van der Waals surface area contributed by atoms with Crippen molar-refractivity contribution >= 4 is 51.5 Å². The lowest BCUT2D eigenvalue weighted by Crippen LogP contribution is -2.18. The molecule has 31 heavy (non-hydrogen) atoms. The van der Waals surface area contributed by atoms with E-state index < -0.39 is 5.91 Å². The van der Waals surface area contributed by atoms with Crippen LogP contribution in [0.25, 0.3) is 17.1 Å². The van der Waals surface area contributed by atoms with Crippen LogP contribution in [-0.2, 0) is 4.79 Å². The van der Waals surface area contributed by atoms with Crippen LogP contribution in [0, 0.1) is 0 Å². The zero-order chi connectivity index (χ0) is 21.8. The normalized spacial score (nSPS) is 10.7. The number of amides is 2. The first-order chi connectivity index (χ1) is 15.0. The number of anilines is 1. The van der Waals surface area contributed by atoms with Gasteiger partial charge >= 0.3 is 0 Å². The average Bonchev–Trinajstić information content (AvgIpc) is 3.40. The Balaban J connectivity index is 1.58. The van der Waals surface area contributed by atoms with Crippen molar-refractivity contribution in [2.24, 2.45) is 5.73 Å². The van der Waals surface area contributed by atoms with E-state index in [-0.39, 0.29) is 11.7 Å². The van der Waals surface area contributed by atoms with Gasteiger partial charge in [-0.15, -0.1) is 21.5 Å². The van der Waals surface area contributed by atoms with Crippen molar-refractivity contribution in [3.8, 4) is 17.1 Å². The number of para-hydroxylation sites is 1. The maximum Gasteiger partial charge on any atom is 0.251 e. The molecule has 4 aromatic rings. The number of benzene rings is 2. The lowest BCUT2D eigenvalue weighted by Gasteiger charge is -2.10. The van der Waals surface area contributed by atoms with E-state index in [9.17, 15) is 9.59 Å². The molecule has 4 rings (SSSR count). The van der Waals surface area contributed by atoms with Gasteiger partial charge in [0.2, 0.25) is 5.91 Å². The highest BCUT2D eigenvalue weighted by Crippen LogP contribution is 2.29. The number of aromatic nitrogens is 3. The molecule has 2 aromatic heterocycles. The Hall–Kier alpha value is -3.14. The van der Waals surface area contributed by atoms with E-state index in [1.165, 1.54) is 23.1 Å². The molecule has 0 saturated heterocycles. The molecule has 0 unspecified atom stereocenters. The van der Waals surface area contributed by atoms with E-state index in [0.717, 1.165) is 11.3 Å². The Bertz CT molecular complexity index is 1220. The standard InChI is InChI=1S/C21H16ClN5O2S2/c22-14-8-6-13(7-9-14)19-25-26-21(27(19)15-4-2-1-3-5-15)31-12-17(28)24-20-16(18(23)29)10-11-30-20/h1-11H,12H2,(H2,23,29)(H,24,28). The number of thioether (sulfide) groups is 1. The number of hydrogen-bond donors (Lipinski definition) is 2. The second kappa shape index (κ2) is 9.34. The lowest BCUT2D eigenvalue weighted by atomic mass is 10.2. The highest BCUT2D eigenvalue weighted by Gasteiger charge is 2.18. The van der Waals surface area contributed by atoms with Gasteiger partial charge in [-0.05, 0) is 47.8 Å². The maximum atomic E-state index is 12.5. The van der Waals surface area contributed by atoms with Crippen LogP contribution in [0.3, 0.4) is 0 Å². The number of halogens is 1. The first kappa shape index (κ1) is 21.1. The highest BCUT2D eigenvalue weighted by molar-refractivity contribution is 7.99. The summed E-state index contributed by atoms with van der Waals surface area (Å²) in [6.45, 7) is 0. The zero-order valence-corrected chi connectivity index (χ0v) is 18.4. The summed E-state index contributed by atoms with van der Waals surface area (Å²) >= 11 is 8.50. The average molecular weight is 470 g/mol. The van der Waals surface area contributed by atoms with E-state index in [0.29, 0.717) is 26.6 Å². The Labute approximate surface area is 191 Å². The van der Waals surface area contributed by atoms with Gasteiger partial charge in [-0.1, -0.05) is 41.6 Å². The third kappa shape index (κ3) is 4.79. The van der Waals surface area contributed by atoms with Crippen molar-refractivity contribution in [2.75, 3.05) is 11.1 Å². The molecule has 2 aromatic carbocycles. The summed E-state index contributed by atoms with van der Waals surface area (Å²) in [5.41, 5.74) is 7.34. The first-order valence-corrected chi connectivity index (χ1v) is 11.3. The molecule has 2 amide bonds. The molecular weight excluding hydrogens is 454 g/mol. The van der Waals surface area contributed by atoms with Crippen LogP contribution in [0.5, 0.6) is 0 Å². The van der Waals surface area contributed by atoms with Crippen molar-refractivity contribution in [2.45, 2.75) is 5.16 Å². The molecule has 0 radical (unpaired) electrons. The zero-order valence-electron chi connectivity index (χ0n) is 16.0. The van der Waals surface area contributed by atoms with Crippen molar-refractivity contribution in [1.29, 1.82) is 0 Å². The van der Waals surface area contributed by atoms with Crippen LogP contribution >= 0.6 is 34.7 Å². The molecule has 10 heteroatoms. The molecule has 0 fully saturated rings. The predicted octanol–water partition coefficient (Wildman–Crippen LogP) is 4.48. The van der Waals surface area contributed by atoms with E-state index in [4.69, 9.17) is 17.3 Å². The fourth-order valence-electron chi connectivity index (χ4n) is 2.85. The van der Waals surface area contributed by atoms with Crippen LogP contribution in [0.2, 0.25) is 5.02 Å². The van der Waals surface area contributed by atoms with E-state index >= 15 is 0 Å². The van der Waals surface area contributed by atoms with Crippen LogP contribution < -0.4 is 11.1 Å². The molecule has 2 heterocycles. The minimum atomic E-state index is -0.583. The third-order valence-electron chi connectivity index (χ3n) is 4.27. The lowest BCUT2D eigenvalue weighted by molar-refractivity contribution is -0.113. The molecule has 7 nitrogen and oxygen atoms in total. The largest absolute Gasteiger partial charge is 0.366 e. The van der Waals surface area contributed by atoms with Gasteiger partial charge in [-0.3, -0.25) is 14.2 Å². The number of carbonyl (C=O) groups is 2. The number of rotatable bonds is 7. The van der Waals surface area contributed by atoms with Gasteiger partial charge in [0.15, 0.2) is 11.0 Å². The fraction of sp³-hybridized carbons (Fsp3) is 0.0476. The number of nitrogens with two attached hydrogens (primary N) is 1. The third-order valence-corrected chi connectivity index (χ3v) is 6.28. The van der Waals surface area contributed by atoms with Crippen LogP contribution in [-0.4, -0.2) is 32.3 Å². The van der Waals surface area contributed by atoms with Crippen LogP contribution in [0.15, 0.2) is 71.2 Å². The monoisotopic (exact) mass is 469 g/mol. The number of nitrogens with one attached hydrogen (secondary N) is 1. The second-order valence-electron chi connectivity index (χ2n) is 6.35. The molecule has 0 atom stereocenters. The van der Waals surface area contributed by atoms with Gasteiger partial charge in [-0.25, -0.2) is 0 Å². The van der Waals surface area contributed by atoms with Gasteiger partial charge in [0.25, 0.3) is 5.91 Å². The topological polar surface area (TPSA) is 103 Å². The van der Waals surface area contributed by atoms with Crippen LogP contribution in [0.4, 0.5) is 5.00 Å². The second-order valence-corrected chi connectivity index (χ2v) is 8.64. The smallest absolute Gasteiger partial charge is 0.251 e. The SMILES string of the molecule is NC(=O)c1ccsc1NC(=O)CSc1nnc(-c2ccc(Cl)cc2)n1-c1ccccc1. The number of thiophene rings is 1. The minimum absolute atomic E-state index is 0.0850. The molecule has 0 bridgehead atoms. The van der Waals surface area contributed by atoms with Gasteiger partial charge in [0, 0.05) is 16.3 Å². The molecule has 0 aliphatic rings. The molecular formula is C21H16ClN5O2S2. The molecule has 0 aliphatic heterocycles.